The number of hydrogen-bond acceptors (Lipinski definition) is 4. The second-order valence-electron chi connectivity index (χ2n) is 7.86. The topological polar surface area (TPSA) is 59.8 Å². The highest BCUT2D eigenvalue weighted by Crippen LogP contribution is 2.41. The Morgan fingerprint density at radius 1 is 0.871 bits per heavy atom. The first-order valence-corrected chi connectivity index (χ1v) is 10.1. The summed E-state index contributed by atoms with van der Waals surface area (Å²) in [6.45, 7) is 3.92. The highest BCUT2D eigenvalue weighted by Gasteiger charge is 2.43. The fraction of sp³-hybridized carbons (Fsp3) is 0.154. The standard InChI is InChI=1S/C26H21NO4/c1-15-4-9-18(10-5-15)27-23(17-7-11-19(30-3)12-8-17)22-24(28)20-14-16(2)6-13-21(20)31-25(22)26(27)29/h4-14,23H,1-3H3. The van der Waals surface area contributed by atoms with Crippen LogP contribution in [-0.2, 0) is 0 Å². The van der Waals surface area contributed by atoms with E-state index in [4.69, 9.17) is 9.15 Å². The van der Waals surface area contributed by atoms with Gasteiger partial charge in [-0.1, -0.05) is 41.5 Å². The molecule has 31 heavy (non-hydrogen) atoms. The second kappa shape index (κ2) is 7.13. The molecule has 5 nitrogen and oxygen atoms in total. The fourth-order valence-electron chi connectivity index (χ4n) is 4.16. The Kier molecular flexibility index (Phi) is 4.40. The number of amides is 1. The smallest absolute Gasteiger partial charge is 0.295 e. The van der Waals surface area contributed by atoms with Crippen molar-refractivity contribution in [2.45, 2.75) is 19.9 Å². The number of carbonyl (C=O) groups is 1. The van der Waals surface area contributed by atoms with Crippen LogP contribution in [0.4, 0.5) is 5.69 Å². The first-order chi connectivity index (χ1) is 15.0. The highest BCUT2D eigenvalue weighted by atomic mass is 16.5. The summed E-state index contributed by atoms with van der Waals surface area (Å²) in [5.74, 6) is 0.485. The third kappa shape index (κ3) is 3.01. The van der Waals surface area contributed by atoms with Crippen LogP contribution >= 0.6 is 0 Å². The van der Waals surface area contributed by atoms with Gasteiger partial charge in [0.15, 0.2) is 5.43 Å². The van der Waals surface area contributed by atoms with E-state index >= 15 is 0 Å². The van der Waals surface area contributed by atoms with Crippen molar-refractivity contribution in [2.24, 2.45) is 0 Å². The van der Waals surface area contributed by atoms with E-state index in [0.29, 0.717) is 28.0 Å². The molecule has 0 aliphatic carbocycles. The molecule has 0 N–H and O–H groups in total. The Bertz CT molecular complexity index is 1370. The van der Waals surface area contributed by atoms with Gasteiger partial charge in [-0.05, 0) is 55.8 Å². The van der Waals surface area contributed by atoms with Crippen LogP contribution in [0.25, 0.3) is 11.0 Å². The number of nitrogens with zero attached hydrogens (tertiary/aromatic N) is 1. The van der Waals surface area contributed by atoms with Crippen molar-refractivity contribution in [3.05, 3.63) is 105 Å². The Morgan fingerprint density at radius 3 is 2.23 bits per heavy atom. The van der Waals surface area contributed by atoms with E-state index in [1.165, 1.54) is 0 Å². The summed E-state index contributed by atoms with van der Waals surface area (Å²) >= 11 is 0. The van der Waals surface area contributed by atoms with Crippen LogP contribution in [0.15, 0.2) is 75.9 Å². The molecule has 1 aliphatic rings. The number of anilines is 1. The predicted octanol–water partition coefficient (Wildman–Crippen LogP) is 5.17. The third-order valence-electron chi connectivity index (χ3n) is 5.77. The Labute approximate surface area is 179 Å². The molecule has 2 heterocycles. The summed E-state index contributed by atoms with van der Waals surface area (Å²) in [6.07, 6.45) is 0. The lowest BCUT2D eigenvalue weighted by atomic mass is 9.97. The maximum absolute atomic E-state index is 13.6. The summed E-state index contributed by atoms with van der Waals surface area (Å²) in [6, 6.07) is 20.0. The lowest BCUT2D eigenvalue weighted by Gasteiger charge is -2.25. The van der Waals surface area contributed by atoms with Crippen molar-refractivity contribution in [2.75, 3.05) is 12.0 Å². The maximum atomic E-state index is 13.6. The second-order valence-corrected chi connectivity index (χ2v) is 7.86. The minimum atomic E-state index is -0.586. The minimum absolute atomic E-state index is 0.0998. The van der Waals surface area contributed by atoms with Gasteiger partial charge in [0.2, 0.25) is 5.76 Å². The molecular weight excluding hydrogens is 390 g/mol. The number of rotatable bonds is 3. The van der Waals surface area contributed by atoms with E-state index in [1.807, 2.05) is 74.5 Å². The molecule has 0 radical (unpaired) electrons. The van der Waals surface area contributed by atoms with E-state index < -0.39 is 6.04 Å². The molecule has 154 valence electrons. The quantitative estimate of drug-likeness (QED) is 0.467. The fourth-order valence-corrected chi connectivity index (χ4v) is 4.16. The molecule has 4 aromatic rings. The van der Waals surface area contributed by atoms with Crippen LogP contribution in [0.5, 0.6) is 5.75 Å². The lowest BCUT2D eigenvalue weighted by Crippen LogP contribution is -2.29. The van der Waals surface area contributed by atoms with Crippen molar-refractivity contribution in [3.63, 3.8) is 0 Å². The van der Waals surface area contributed by atoms with Gasteiger partial charge in [0.05, 0.1) is 24.1 Å². The molecule has 0 fully saturated rings. The minimum Gasteiger partial charge on any atom is -0.497 e. The molecule has 0 saturated carbocycles. The molecule has 0 bridgehead atoms. The first-order valence-electron chi connectivity index (χ1n) is 10.1. The van der Waals surface area contributed by atoms with Gasteiger partial charge in [0.25, 0.3) is 5.91 Å². The highest BCUT2D eigenvalue weighted by molar-refractivity contribution is 6.10. The lowest BCUT2D eigenvalue weighted by molar-refractivity contribution is 0.0971. The van der Waals surface area contributed by atoms with Gasteiger partial charge in [-0.2, -0.15) is 0 Å². The molecule has 1 aromatic heterocycles. The molecular formula is C26H21NO4. The van der Waals surface area contributed by atoms with E-state index in [2.05, 4.69) is 0 Å². The number of methoxy groups -OCH3 is 1. The van der Waals surface area contributed by atoms with Gasteiger partial charge in [-0.25, -0.2) is 0 Å². The molecule has 5 heteroatoms. The average molecular weight is 411 g/mol. The van der Waals surface area contributed by atoms with E-state index in [0.717, 1.165) is 16.7 Å². The van der Waals surface area contributed by atoms with E-state index in [1.54, 1.807) is 18.1 Å². The molecule has 0 spiro atoms. The normalized spacial score (nSPS) is 15.4. The summed E-state index contributed by atoms with van der Waals surface area (Å²) in [7, 11) is 1.60. The first kappa shape index (κ1) is 19.1. The number of aryl methyl sites for hydroxylation is 2. The molecule has 1 amide bonds. The predicted molar refractivity (Wildman–Crippen MR) is 120 cm³/mol. The van der Waals surface area contributed by atoms with E-state index in [-0.39, 0.29) is 17.1 Å². The summed E-state index contributed by atoms with van der Waals surface area (Å²) in [4.78, 5) is 28.8. The van der Waals surface area contributed by atoms with Gasteiger partial charge in [0.1, 0.15) is 11.3 Å². The summed E-state index contributed by atoms with van der Waals surface area (Å²) < 4.78 is 11.3. The van der Waals surface area contributed by atoms with Crippen LogP contribution in [0.1, 0.15) is 38.9 Å². The van der Waals surface area contributed by atoms with Gasteiger partial charge < -0.3 is 9.15 Å². The summed E-state index contributed by atoms with van der Waals surface area (Å²) in [5, 5.41) is 0.482. The number of ether oxygens (including phenoxy) is 1. The Hall–Kier alpha value is -3.86. The summed E-state index contributed by atoms with van der Waals surface area (Å²) in [5.41, 5.74) is 4.18. The van der Waals surface area contributed by atoms with Crippen LogP contribution < -0.4 is 15.1 Å². The van der Waals surface area contributed by atoms with Crippen LogP contribution in [0.2, 0.25) is 0 Å². The Balaban J connectivity index is 1.79. The molecule has 0 saturated heterocycles. The van der Waals surface area contributed by atoms with Gasteiger partial charge in [-0.3, -0.25) is 14.5 Å². The van der Waals surface area contributed by atoms with Crippen molar-refractivity contribution in [1.82, 2.24) is 0 Å². The average Bonchev–Trinajstić information content (AvgIpc) is 3.07. The van der Waals surface area contributed by atoms with Crippen LogP contribution in [0.3, 0.4) is 0 Å². The monoisotopic (exact) mass is 411 g/mol. The zero-order valence-corrected chi connectivity index (χ0v) is 17.5. The molecule has 1 aliphatic heterocycles. The van der Waals surface area contributed by atoms with Crippen molar-refractivity contribution >= 4 is 22.6 Å². The largest absolute Gasteiger partial charge is 0.497 e. The van der Waals surface area contributed by atoms with Gasteiger partial charge >= 0.3 is 0 Å². The SMILES string of the molecule is COc1ccc(C2c3c(oc4ccc(C)cc4c3=O)C(=O)N2c2ccc(C)cc2)cc1. The van der Waals surface area contributed by atoms with Gasteiger partial charge in [-0.15, -0.1) is 0 Å². The van der Waals surface area contributed by atoms with E-state index in [9.17, 15) is 9.59 Å². The van der Waals surface area contributed by atoms with Crippen molar-refractivity contribution in [3.8, 4) is 5.75 Å². The zero-order chi connectivity index (χ0) is 21.7. The molecule has 3 aromatic carbocycles. The number of carbonyl (C=O) groups excluding carboxylic acids is 1. The van der Waals surface area contributed by atoms with Crippen LogP contribution in [-0.4, -0.2) is 13.0 Å². The number of benzene rings is 3. The van der Waals surface area contributed by atoms with Crippen LogP contribution in [0, 0.1) is 13.8 Å². The zero-order valence-electron chi connectivity index (χ0n) is 17.5. The Morgan fingerprint density at radius 2 is 1.55 bits per heavy atom. The molecule has 5 rings (SSSR count). The number of hydrogen-bond donors (Lipinski definition) is 0. The van der Waals surface area contributed by atoms with Crippen molar-refractivity contribution in [1.29, 1.82) is 0 Å². The maximum Gasteiger partial charge on any atom is 0.295 e. The number of fused-ring (bicyclic) bond motifs is 2. The molecule has 1 atom stereocenters. The molecule has 1 unspecified atom stereocenters. The van der Waals surface area contributed by atoms with Crippen molar-refractivity contribution < 1.29 is 13.9 Å². The third-order valence-corrected chi connectivity index (χ3v) is 5.77. The van der Waals surface area contributed by atoms with Gasteiger partial charge in [0, 0.05) is 5.69 Å².